The number of benzene rings is 2. The molecule has 0 radical (unpaired) electrons. The van der Waals surface area contributed by atoms with E-state index in [0.717, 1.165) is 0 Å². The normalized spacial score (nSPS) is 10.2. The predicted molar refractivity (Wildman–Crippen MR) is 76.5 cm³/mol. The molecule has 4 nitrogen and oxygen atoms in total. The molecule has 0 aromatic heterocycles. The number of carbonyl (C=O) groups is 1. The van der Waals surface area contributed by atoms with E-state index >= 15 is 0 Å². The van der Waals surface area contributed by atoms with Gasteiger partial charge in [0.15, 0.2) is 11.6 Å². The van der Waals surface area contributed by atoms with Crippen molar-refractivity contribution in [1.82, 2.24) is 5.43 Å². The minimum atomic E-state index is -0.464. The number of rotatable bonds is 4. The second kappa shape index (κ2) is 6.49. The van der Waals surface area contributed by atoms with Crippen molar-refractivity contribution in [2.45, 2.75) is 6.61 Å². The van der Waals surface area contributed by atoms with E-state index in [1.165, 1.54) is 12.1 Å². The van der Waals surface area contributed by atoms with Gasteiger partial charge in [-0.25, -0.2) is 10.2 Å². The zero-order valence-electron chi connectivity index (χ0n) is 10.4. The van der Waals surface area contributed by atoms with Crippen molar-refractivity contribution < 1.29 is 13.9 Å². The summed E-state index contributed by atoms with van der Waals surface area (Å²) in [6.07, 6.45) is 0. The zero-order valence-corrected chi connectivity index (χ0v) is 12.0. The summed E-state index contributed by atoms with van der Waals surface area (Å²) in [6, 6.07) is 11.2. The fourth-order valence-corrected chi connectivity index (χ4v) is 2.03. The van der Waals surface area contributed by atoms with Gasteiger partial charge in [-0.2, -0.15) is 0 Å². The molecule has 2 rings (SSSR count). The van der Waals surface area contributed by atoms with E-state index in [0.29, 0.717) is 15.6 Å². The molecule has 1 amide bonds. The minimum Gasteiger partial charge on any atom is -0.486 e. The molecule has 0 bridgehead atoms. The Labute approximate surface area is 123 Å². The number of ether oxygens (including phenoxy) is 1. The van der Waals surface area contributed by atoms with Crippen LogP contribution in [0.3, 0.4) is 0 Å². The Morgan fingerprint density at radius 1 is 1.30 bits per heavy atom. The predicted octanol–water partition coefficient (Wildman–Crippen LogP) is 2.77. The van der Waals surface area contributed by atoms with Crippen molar-refractivity contribution in [3.8, 4) is 5.75 Å². The van der Waals surface area contributed by atoms with Crippen molar-refractivity contribution in [2.24, 2.45) is 5.84 Å². The van der Waals surface area contributed by atoms with Gasteiger partial charge in [-0.05, 0) is 24.3 Å². The van der Waals surface area contributed by atoms with E-state index in [1.807, 2.05) is 0 Å². The highest BCUT2D eigenvalue weighted by Gasteiger charge is 2.11. The van der Waals surface area contributed by atoms with Crippen LogP contribution in [0.25, 0.3) is 0 Å². The highest BCUT2D eigenvalue weighted by molar-refractivity contribution is 9.10. The molecule has 0 heterocycles. The lowest BCUT2D eigenvalue weighted by atomic mass is 10.1. The quantitative estimate of drug-likeness (QED) is 0.511. The lowest BCUT2D eigenvalue weighted by Gasteiger charge is -2.11. The molecule has 0 saturated carbocycles. The van der Waals surface area contributed by atoms with Crippen molar-refractivity contribution in [3.63, 3.8) is 0 Å². The van der Waals surface area contributed by atoms with Crippen LogP contribution in [0.4, 0.5) is 4.39 Å². The number of hydrogen-bond acceptors (Lipinski definition) is 3. The molecule has 0 unspecified atom stereocenters. The number of carbonyl (C=O) groups excluding carboxylic acids is 1. The van der Waals surface area contributed by atoms with E-state index in [4.69, 9.17) is 10.6 Å². The van der Waals surface area contributed by atoms with E-state index in [9.17, 15) is 9.18 Å². The number of nitrogens with one attached hydrogen (secondary N) is 1. The van der Waals surface area contributed by atoms with Crippen LogP contribution in [-0.4, -0.2) is 5.91 Å². The molecular formula is C14H12BrFN2O2. The third kappa shape index (κ3) is 3.34. The summed E-state index contributed by atoms with van der Waals surface area (Å²) in [7, 11) is 0. The Morgan fingerprint density at radius 2 is 2.05 bits per heavy atom. The largest absolute Gasteiger partial charge is 0.486 e. The first-order valence-corrected chi connectivity index (χ1v) is 6.58. The maximum Gasteiger partial charge on any atom is 0.265 e. The van der Waals surface area contributed by atoms with Gasteiger partial charge in [0.25, 0.3) is 5.91 Å². The second-order valence-corrected chi connectivity index (χ2v) is 4.91. The van der Waals surface area contributed by atoms with Gasteiger partial charge in [0.1, 0.15) is 6.61 Å². The lowest BCUT2D eigenvalue weighted by molar-refractivity contribution is 0.0951. The average Bonchev–Trinajstić information content (AvgIpc) is 2.47. The highest BCUT2D eigenvalue weighted by atomic mass is 79.9. The minimum absolute atomic E-state index is 0.0664. The SMILES string of the molecule is NNC(=O)c1ccccc1COc1cc(Br)ccc1F. The Kier molecular flexibility index (Phi) is 4.70. The molecule has 0 aliphatic rings. The van der Waals surface area contributed by atoms with Gasteiger partial charge in [0.2, 0.25) is 0 Å². The summed E-state index contributed by atoms with van der Waals surface area (Å²) >= 11 is 3.24. The summed E-state index contributed by atoms with van der Waals surface area (Å²) in [5.74, 6) is 4.35. The Balaban J connectivity index is 2.19. The van der Waals surface area contributed by atoms with Crippen LogP contribution in [0, 0.1) is 5.82 Å². The molecular weight excluding hydrogens is 327 g/mol. The molecule has 0 saturated heterocycles. The van der Waals surface area contributed by atoms with Crippen molar-refractivity contribution in [3.05, 3.63) is 63.9 Å². The van der Waals surface area contributed by atoms with Gasteiger partial charge in [-0.15, -0.1) is 0 Å². The molecule has 0 spiro atoms. The van der Waals surface area contributed by atoms with E-state index in [2.05, 4.69) is 21.4 Å². The van der Waals surface area contributed by atoms with Crippen LogP contribution in [0.5, 0.6) is 5.75 Å². The second-order valence-electron chi connectivity index (χ2n) is 3.99. The maximum atomic E-state index is 13.6. The number of hydrogen-bond donors (Lipinski definition) is 2. The highest BCUT2D eigenvalue weighted by Crippen LogP contribution is 2.23. The van der Waals surface area contributed by atoms with Crippen LogP contribution in [0.1, 0.15) is 15.9 Å². The summed E-state index contributed by atoms with van der Waals surface area (Å²) in [5.41, 5.74) is 3.08. The molecule has 0 aliphatic carbocycles. The monoisotopic (exact) mass is 338 g/mol. The zero-order chi connectivity index (χ0) is 14.5. The smallest absolute Gasteiger partial charge is 0.265 e. The molecule has 0 aliphatic heterocycles. The van der Waals surface area contributed by atoms with Gasteiger partial charge in [-0.1, -0.05) is 34.1 Å². The molecule has 2 aromatic rings. The van der Waals surface area contributed by atoms with Gasteiger partial charge >= 0.3 is 0 Å². The molecule has 0 fully saturated rings. The third-order valence-electron chi connectivity index (χ3n) is 2.67. The third-order valence-corrected chi connectivity index (χ3v) is 3.16. The Morgan fingerprint density at radius 3 is 2.80 bits per heavy atom. The summed E-state index contributed by atoms with van der Waals surface area (Å²) in [4.78, 5) is 11.6. The van der Waals surface area contributed by atoms with Crippen LogP contribution in [-0.2, 0) is 6.61 Å². The van der Waals surface area contributed by atoms with Crippen LogP contribution in [0.2, 0.25) is 0 Å². The van der Waals surface area contributed by atoms with Crippen LogP contribution < -0.4 is 16.0 Å². The Bertz CT molecular complexity index is 634. The first-order valence-electron chi connectivity index (χ1n) is 5.78. The molecule has 20 heavy (non-hydrogen) atoms. The van der Waals surface area contributed by atoms with E-state index in [1.54, 1.807) is 30.3 Å². The topological polar surface area (TPSA) is 64.3 Å². The number of nitrogens with two attached hydrogens (primary N) is 1. The van der Waals surface area contributed by atoms with Gasteiger partial charge in [-0.3, -0.25) is 10.2 Å². The molecule has 3 N–H and O–H groups in total. The maximum absolute atomic E-state index is 13.6. The van der Waals surface area contributed by atoms with Crippen molar-refractivity contribution >= 4 is 21.8 Å². The standard InChI is InChI=1S/C14H12BrFN2O2/c15-10-5-6-12(16)13(7-10)20-8-9-3-1-2-4-11(9)14(19)18-17/h1-7H,8,17H2,(H,18,19). The summed E-state index contributed by atoms with van der Waals surface area (Å²) < 4.78 is 19.7. The first-order chi connectivity index (χ1) is 9.61. The summed E-state index contributed by atoms with van der Waals surface area (Å²) in [5, 5.41) is 0. The first kappa shape index (κ1) is 14.5. The van der Waals surface area contributed by atoms with Gasteiger partial charge in [0, 0.05) is 15.6 Å². The number of hydrazine groups is 1. The molecule has 104 valence electrons. The van der Waals surface area contributed by atoms with Crippen molar-refractivity contribution in [2.75, 3.05) is 0 Å². The van der Waals surface area contributed by atoms with Gasteiger partial charge in [0.05, 0.1) is 0 Å². The Hall–Kier alpha value is -1.92. The summed E-state index contributed by atoms with van der Waals surface area (Å²) in [6.45, 7) is 0.0664. The molecule has 2 aromatic carbocycles. The number of halogens is 2. The van der Waals surface area contributed by atoms with Crippen molar-refractivity contribution in [1.29, 1.82) is 0 Å². The molecule has 6 heteroatoms. The van der Waals surface area contributed by atoms with Crippen LogP contribution >= 0.6 is 15.9 Å². The van der Waals surface area contributed by atoms with E-state index in [-0.39, 0.29) is 12.4 Å². The average molecular weight is 339 g/mol. The van der Waals surface area contributed by atoms with E-state index < -0.39 is 11.7 Å². The van der Waals surface area contributed by atoms with Crippen LogP contribution in [0.15, 0.2) is 46.9 Å². The fraction of sp³-hybridized carbons (Fsp3) is 0.0714. The lowest BCUT2D eigenvalue weighted by Crippen LogP contribution is -2.30. The fourth-order valence-electron chi connectivity index (χ4n) is 1.69. The number of nitrogen functional groups attached to an aromatic ring is 1. The van der Waals surface area contributed by atoms with Gasteiger partial charge < -0.3 is 4.74 Å². The molecule has 0 atom stereocenters. The number of amides is 1.